The van der Waals surface area contributed by atoms with E-state index in [2.05, 4.69) is 34.7 Å². The van der Waals surface area contributed by atoms with E-state index in [0.29, 0.717) is 6.42 Å². The largest absolute Gasteiger partial charge is 0.461 e. The molecule has 41 heavy (non-hydrogen) atoms. The minimum Gasteiger partial charge on any atom is -0.461 e. The van der Waals surface area contributed by atoms with Gasteiger partial charge in [-0.1, -0.05) is 84.0 Å². The molecule has 11 heteroatoms. The Labute approximate surface area is 241 Å². The summed E-state index contributed by atoms with van der Waals surface area (Å²) in [5.74, 6) is 1.68. The molecule has 10 nitrogen and oxygen atoms in total. The van der Waals surface area contributed by atoms with Crippen LogP contribution in [0.15, 0.2) is 6.33 Å². The van der Waals surface area contributed by atoms with E-state index in [1.165, 1.54) is 23.7 Å². The second-order valence-electron chi connectivity index (χ2n) is 10.7. The Morgan fingerprint density at radius 1 is 1.05 bits per heavy atom. The average Bonchev–Trinajstić information content (AvgIpc) is 3.53. The number of aromatic nitrogens is 4. The van der Waals surface area contributed by atoms with Crippen LogP contribution in [0.25, 0.3) is 11.2 Å². The predicted molar refractivity (Wildman–Crippen MR) is 153 cm³/mol. The molecular weight excluding hydrogens is 529 g/mol. The second-order valence-corrected chi connectivity index (χ2v) is 10.7. The minimum atomic E-state index is -1.54. The normalized spacial score (nSPS) is 20.2. The SMILES string of the molecule is C#C[C@]1(COC(=O)CCCCCCCC)O[C@@H](n2cnc3c(N)nc(F)nc32)C[C@@H]1OC(=O)CCCCCCCC. The molecule has 1 aliphatic rings. The summed E-state index contributed by atoms with van der Waals surface area (Å²) in [5, 5.41) is 0. The number of nitrogens with two attached hydrogens (primary N) is 1. The quantitative estimate of drug-likeness (QED) is 0.102. The summed E-state index contributed by atoms with van der Waals surface area (Å²) in [6, 6.07) is 0. The van der Waals surface area contributed by atoms with Gasteiger partial charge in [-0.15, -0.1) is 6.42 Å². The Morgan fingerprint density at radius 2 is 1.66 bits per heavy atom. The van der Waals surface area contributed by atoms with Crippen LogP contribution in [-0.2, 0) is 23.8 Å². The summed E-state index contributed by atoms with van der Waals surface area (Å²) in [7, 11) is 0. The van der Waals surface area contributed by atoms with Crippen molar-refractivity contribution in [2.45, 2.75) is 128 Å². The third-order valence-corrected chi connectivity index (χ3v) is 7.45. The van der Waals surface area contributed by atoms with Crippen LogP contribution in [0.2, 0.25) is 0 Å². The van der Waals surface area contributed by atoms with Crippen molar-refractivity contribution in [3.05, 3.63) is 12.4 Å². The molecule has 2 aromatic rings. The number of rotatable bonds is 18. The van der Waals surface area contributed by atoms with Gasteiger partial charge in [0.05, 0.1) is 6.33 Å². The Morgan fingerprint density at radius 3 is 2.29 bits per heavy atom. The van der Waals surface area contributed by atoms with Crippen molar-refractivity contribution in [1.82, 2.24) is 19.5 Å². The standard InChI is InChI=1S/C30H44FN5O5/c1-4-7-9-11-13-15-17-24(37)39-20-30(6-3)22(40-25(38)18-16-14-12-10-8-5-2)19-23(41-30)36-21-33-26-27(32)34-29(31)35-28(26)36/h3,21-23H,4-5,7-20H2,1-2H3,(H2,32,34,35)/t22-,23+,30+/m0/s1. The van der Waals surface area contributed by atoms with Crippen LogP contribution in [0.3, 0.4) is 0 Å². The highest BCUT2D eigenvalue weighted by atomic mass is 19.1. The molecule has 0 aromatic carbocycles. The first-order chi connectivity index (χ1) is 19.8. The molecule has 0 radical (unpaired) electrons. The zero-order valence-corrected chi connectivity index (χ0v) is 24.4. The molecular formula is C30H44FN5O5. The molecule has 2 aromatic heterocycles. The number of unbranched alkanes of at least 4 members (excludes halogenated alkanes) is 10. The van der Waals surface area contributed by atoms with Crippen molar-refractivity contribution >= 4 is 28.9 Å². The molecule has 226 valence electrons. The van der Waals surface area contributed by atoms with E-state index in [1.54, 1.807) is 0 Å². The van der Waals surface area contributed by atoms with Gasteiger partial charge in [-0.3, -0.25) is 14.2 Å². The average molecular weight is 574 g/mol. The van der Waals surface area contributed by atoms with Gasteiger partial charge in [0.1, 0.15) is 18.9 Å². The fourth-order valence-corrected chi connectivity index (χ4v) is 5.05. The Bertz CT molecular complexity index is 1180. The number of fused-ring (bicyclic) bond motifs is 1. The third-order valence-electron chi connectivity index (χ3n) is 7.45. The lowest BCUT2D eigenvalue weighted by molar-refractivity contribution is -0.166. The van der Waals surface area contributed by atoms with Crippen molar-refractivity contribution in [2.75, 3.05) is 12.3 Å². The number of terminal acetylenes is 1. The van der Waals surface area contributed by atoms with E-state index >= 15 is 0 Å². The van der Waals surface area contributed by atoms with Gasteiger partial charge >= 0.3 is 18.0 Å². The monoisotopic (exact) mass is 573 g/mol. The fourth-order valence-electron chi connectivity index (χ4n) is 5.05. The van der Waals surface area contributed by atoms with Gasteiger partial charge in [0.2, 0.25) is 5.60 Å². The highest BCUT2D eigenvalue weighted by molar-refractivity contribution is 5.81. The molecule has 1 saturated heterocycles. The zero-order valence-electron chi connectivity index (χ0n) is 24.4. The number of imidazole rings is 1. The summed E-state index contributed by atoms with van der Waals surface area (Å²) in [6.07, 6.45) is 17.6. The van der Waals surface area contributed by atoms with Crippen LogP contribution in [-0.4, -0.2) is 49.8 Å². The summed E-state index contributed by atoms with van der Waals surface area (Å²) in [5.41, 5.74) is 4.60. The molecule has 0 aliphatic carbocycles. The van der Waals surface area contributed by atoms with Crippen molar-refractivity contribution in [1.29, 1.82) is 0 Å². The molecule has 3 heterocycles. The van der Waals surface area contributed by atoms with Crippen molar-refractivity contribution in [3.63, 3.8) is 0 Å². The van der Waals surface area contributed by atoms with Gasteiger partial charge in [-0.2, -0.15) is 14.4 Å². The van der Waals surface area contributed by atoms with E-state index in [4.69, 9.17) is 26.4 Å². The maximum atomic E-state index is 14.0. The molecule has 0 unspecified atom stereocenters. The van der Waals surface area contributed by atoms with E-state index in [-0.39, 0.29) is 42.9 Å². The maximum absolute atomic E-state index is 14.0. The lowest BCUT2D eigenvalue weighted by Crippen LogP contribution is -2.45. The second kappa shape index (κ2) is 16.2. The molecule has 0 bridgehead atoms. The minimum absolute atomic E-state index is 0.113. The first-order valence-electron chi connectivity index (χ1n) is 15.0. The molecule has 0 amide bonds. The summed E-state index contributed by atoms with van der Waals surface area (Å²) in [4.78, 5) is 36.9. The van der Waals surface area contributed by atoms with E-state index in [0.717, 1.165) is 57.8 Å². The number of ether oxygens (including phenoxy) is 3. The number of carbonyl (C=O) groups excluding carboxylic acids is 2. The topological polar surface area (TPSA) is 131 Å². The first-order valence-corrected chi connectivity index (χ1v) is 15.0. The predicted octanol–water partition coefficient (Wildman–Crippen LogP) is 5.79. The number of nitrogens with zero attached hydrogens (tertiary/aromatic N) is 4. The smallest absolute Gasteiger partial charge is 0.312 e. The summed E-state index contributed by atoms with van der Waals surface area (Å²) in [6.45, 7) is 4.02. The van der Waals surface area contributed by atoms with Crippen LogP contribution in [0.1, 0.15) is 116 Å². The Kier molecular flexibility index (Phi) is 12.8. The molecule has 0 spiro atoms. The van der Waals surface area contributed by atoms with Gasteiger partial charge in [0.25, 0.3) is 0 Å². The summed E-state index contributed by atoms with van der Waals surface area (Å²) < 4.78 is 33.1. The highest BCUT2D eigenvalue weighted by Gasteiger charge is 2.52. The zero-order chi connectivity index (χ0) is 29.7. The van der Waals surface area contributed by atoms with Gasteiger partial charge in [-0.25, -0.2) is 4.98 Å². The Hall–Kier alpha value is -3.26. The number of halogens is 1. The van der Waals surface area contributed by atoms with Crippen molar-refractivity contribution < 1.29 is 28.2 Å². The van der Waals surface area contributed by atoms with Gasteiger partial charge in [0.15, 0.2) is 17.0 Å². The molecule has 3 atom stereocenters. The van der Waals surface area contributed by atoms with E-state index < -0.39 is 35.9 Å². The fraction of sp³-hybridized carbons (Fsp3) is 0.700. The summed E-state index contributed by atoms with van der Waals surface area (Å²) >= 11 is 0. The van der Waals surface area contributed by atoms with Crippen molar-refractivity contribution in [3.8, 4) is 12.3 Å². The number of hydrogen-bond acceptors (Lipinski definition) is 9. The Balaban J connectivity index is 1.69. The number of anilines is 1. The number of carbonyl (C=O) groups is 2. The van der Waals surface area contributed by atoms with Crippen LogP contribution < -0.4 is 5.73 Å². The van der Waals surface area contributed by atoms with E-state index in [9.17, 15) is 14.0 Å². The molecule has 3 rings (SSSR count). The molecule has 0 saturated carbocycles. The lowest BCUT2D eigenvalue weighted by atomic mass is 9.98. The van der Waals surface area contributed by atoms with Gasteiger partial charge < -0.3 is 19.9 Å². The first kappa shape index (κ1) is 32.3. The number of esters is 2. The van der Waals surface area contributed by atoms with Gasteiger partial charge in [0, 0.05) is 19.3 Å². The van der Waals surface area contributed by atoms with Crippen LogP contribution in [0.4, 0.5) is 10.2 Å². The maximum Gasteiger partial charge on any atom is 0.312 e. The van der Waals surface area contributed by atoms with Crippen LogP contribution >= 0.6 is 0 Å². The van der Waals surface area contributed by atoms with E-state index in [1.807, 2.05) is 0 Å². The van der Waals surface area contributed by atoms with Crippen LogP contribution in [0.5, 0.6) is 0 Å². The third kappa shape index (κ3) is 9.12. The van der Waals surface area contributed by atoms with Crippen LogP contribution in [0, 0.1) is 18.4 Å². The molecule has 2 N–H and O–H groups in total. The number of nitrogen functional groups attached to an aromatic ring is 1. The van der Waals surface area contributed by atoms with Crippen molar-refractivity contribution in [2.24, 2.45) is 0 Å². The number of hydrogen-bond donors (Lipinski definition) is 1. The molecule has 1 aliphatic heterocycles. The lowest BCUT2D eigenvalue weighted by Gasteiger charge is -2.28. The molecule has 1 fully saturated rings. The van der Waals surface area contributed by atoms with Gasteiger partial charge in [-0.05, 0) is 12.8 Å². The highest BCUT2D eigenvalue weighted by Crippen LogP contribution is 2.40.